The van der Waals surface area contributed by atoms with E-state index in [1.807, 2.05) is 24.3 Å². The van der Waals surface area contributed by atoms with Crippen molar-refractivity contribution < 1.29 is 14.3 Å². The molecule has 0 aliphatic carbocycles. The van der Waals surface area contributed by atoms with Crippen molar-refractivity contribution >= 4 is 5.97 Å². The summed E-state index contributed by atoms with van der Waals surface area (Å²) in [5.74, 6) is -0.214. The third-order valence-corrected chi connectivity index (χ3v) is 4.51. The molecule has 0 aliphatic heterocycles. The maximum absolute atomic E-state index is 12.6. The number of carbonyl (C=O) groups excluding carboxylic acids is 1. The van der Waals surface area contributed by atoms with Crippen LogP contribution in [0.1, 0.15) is 87.6 Å². The number of ether oxygens (including phenoxy) is 2. The van der Waals surface area contributed by atoms with Gasteiger partial charge in [0, 0.05) is 7.11 Å². The number of aryl methyl sites for hydroxylation is 1. The topological polar surface area (TPSA) is 35.5 Å². The second kappa shape index (κ2) is 13.9. The molecule has 0 fully saturated rings. The largest absolute Gasteiger partial charge is 0.456 e. The molecule has 1 aromatic carbocycles. The van der Waals surface area contributed by atoms with E-state index in [-0.39, 0.29) is 12.1 Å². The van der Waals surface area contributed by atoms with Crippen LogP contribution in [0.25, 0.3) is 0 Å². The highest BCUT2D eigenvalue weighted by Crippen LogP contribution is 2.16. The van der Waals surface area contributed by atoms with Crippen LogP contribution in [0.15, 0.2) is 24.3 Å². The molecule has 1 aromatic rings. The molecule has 0 saturated heterocycles. The molecule has 0 radical (unpaired) electrons. The Kier molecular flexibility index (Phi) is 12.0. The maximum atomic E-state index is 12.6. The lowest BCUT2D eigenvalue weighted by Crippen LogP contribution is -2.23. The predicted octanol–water partition coefficient (Wildman–Crippen LogP) is 5.95. The number of benzene rings is 1. The predicted molar refractivity (Wildman–Crippen MR) is 104 cm³/mol. The van der Waals surface area contributed by atoms with Gasteiger partial charge in [-0.25, -0.2) is 4.79 Å². The van der Waals surface area contributed by atoms with Gasteiger partial charge in [0.05, 0.1) is 12.2 Å². The molecule has 0 spiro atoms. The molecule has 0 heterocycles. The monoisotopic (exact) mass is 348 g/mol. The van der Waals surface area contributed by atoms with Crippen LogP contribution in [-0.4, -0.2) is 25.8 Å². The van der Waals surface area contributed by atoms with Crippen LogP contribution in [0.5, 0.6) is 0 Å². The average molecular weight is 349 g/mol. The minimum atomic E-state index is -0.214. The molecule has 0 saturated carbocycles. The van der Waals surface area contributed by atoms with E-state index in [0.717, 1.165) is 31.2 Å². The Hall–Kier alpha value is -1.35. The zero-order valence-corrected chi connectivity index (χ0v) is 16.4. The zero-order chi connectivity index (χ0) is 18.3. The first kappa shape index (κ1) is 21.7. The molecular formula is C22H36O3. The summed E-state index contributed by atoms with van der Waals surface area (Å²) in [6.07, 6.45) is 11.5. The lowest BCUT2D eigenvalue weighted by Gasteiger charge is -2.18. The van der Waals surface area contributed by atoms with E-state index in [4.69, 9.17) is 9.47 Å². The molecule has 0 aromatic heterocycles. The van der Waals surface area contributed by atoms with Crippen LogP contribution in [-0.2, 0) is 15.9 Å². The van der Waals surface area contributed by atoms with Crippen molar-refractivity contribution in [2.24, 2.45) is 0 Å². The summed E-state index contributed by atoms with van der Waals surface area (Å²) >= 11 is 0. The Labute approximate surface area is 154 Å². The maximum Gasteiger partial charge on any atom is 0.338 e. The molecule has 1 atom stereocenters. The SMILES string of the molecule is CCCCCCCCCC(COC)OC(=O)c1ccccc1CCC. The Morgan fingerprint density at radius 3 is 2.32 bits per heavy atom. The van der Waals surface area contributed by atoms with Gasteiger partial charge in [0.15, 0.2) is 0 Å². The van der Waals surface area contributed by atoms with Gasteiger partial charge < -0.3 is 9.47 Å². The highest BCUT2D eigenvalue weighted by atomic mass is 16.6. The molecule has 0 bridgehead atoms. The minimum Gasteiger partial charge on any atom is -0.456 e. The highest BCUT2D eigenvalue weighted by Gasteiger charge is 2.18. The van der Waals surface area contributed by atoms with Crippen LogP contribution >= 0.6 is 0 Å². The van der Waals surface area contributed by atoms with Crippen molar-refractivity contribution in [3.63, 3.8) is 0 Å². The van der Waals surface area contributed by atoms with Gasteiger partial charge in [-0.1, -0.05) is 77.0 Å². The van der Waals surface area contributed by atoms with Crippen molar-refractivity contribution in [2.75, 3.05) is 13.7 Å². The second-order valence-corrected chi connectivity index (χ2v) is 6.80. The number of unbranched alkanes of at least 4 members (excludes halogenated alkanes) is 6. The van der Waals surface area contributed by atoms with Crippen LogP contribution in [0.2, 0.25) is 0 Å². The first-order chi connectivity index (χ1) is 12.2. The van der Waals surface area contributed by atoms with Crippen molar-refractivity contribution in [3.05, 3.63) is 35.4 Å². The number of rotatable bonds is 14. The summed E-state index contributed by atoms with van der Waals surface area (Å²) in [6.45, 7) is 4.83. The first-order valence-corrected chi connectivity index (χ1v) is 10.0. The van der Waals surface area contributed by atoms with E-state index < -0.39 is 0 Å². The van der Waals surface area contributed by atoms with E-state index >= 15 is 0 Å². The summed E-state index contributed by atoms with van der Waals surface area (Å²) in [6, 6.07) is 7.76. The second-order valence-electron chi connectivity index (χ2n) is 6.80. The minimum absolute atomic E-state index is 0.150. The molecule has 3 heteroatoms. The summed E-state index contributed by atoms with van der Waals surface area (Å²) in [7, 11) is 1.66. The van der Waals surface area contributed by atoms with Crippen molar-refractivity contribution in [1.29, 1.82) is 0 Å². The smallest absolute Gasteiger partial charge is 0.338 e. The molecule has 0 amide bonds. The fourth-order valence-corrected chi connectivity index (χ4v) is 3.11. The van der Waals surface area contributed by atoms with Gasteiger partial charge in [-0.05, 0) is 30.9 Å². The number of methoxy groups -OCH3 is 1. The Morgan fingerprint density at radius 1 is 0.960 bits per heavy atom. The van der Waals surface area contributed by atoms with Gasteiger partial charge in [-0.2, -0.15) is 0 Å². The van der Waals surface area contributed by atoms with E-state index in [2.05, 4.69) is 13.8 Å². The number of esters is 1. The molecule has 3 nitrogen and oxygen atoms in total. The Morgan fingerprint density at radius 2 is 1.64 bits per heavy atom. The zero-order valence-electron chi connectivity index (χ0n) is 16.4. The number of hydrogen-bond donors (Lipinski definition) is 0. The third kappa shape index (κ3) is 9.06. The highest BCUT2D eigenvalue weighted by molar-refractivity contribution is 5.91. The summed E-state index contributed by atoms with van der Waals surface area (Å²) in [5, 5.41) is 0. The van der Waals surface area contributed by atoms with Crippen LogP contribution in [0.3, 0.4) is 0 Å². The first-order valence-electron chi connectivity index (χ1n) is 10.0. The van der Waals surface area contributed by atoms with E-state index in [1.165, 1.54) is 38.5 Å². The van der Waals surface area contributed by atoms with Crippen molar-refractivity contribution in [3.8, 4) is 0 Å². The number of hydrogen-bond acceptors (Lipinski definition) is 3. The van der Waals surface area contributed by atoms with Gasteiger partial charge in [-0.15, -0.1) is 0 Å². The molecule has 1 rings (SSSR count). The molecule has 0 aliphatic rings. The molecule has 25 heavy (non-hydrogen) atoms. The standard InChI is InChI=1S/C22H36O3/c1-4-6-7-8-9-10-11-16-20(18-24-3)25-22(23)21-17-13-12-15-19(21)14-5-2/h12-13,15,17,20H,4-11,14,16,18H2,1-3H3. The van der Waals surface area contributed by atoms with Crippen LogP contribution in [0, 0.1) is 0 Å². The number of carbonyl (C=O) groups is 1. The molecule has 1 unspecified atom stereocenters. The third-order valence-electron chi connectivity index (χ3n) is 4.51. The fourth-order valence-electron chi connectivity index (χ4n) is 3.11. The van der Waals surface area contributed by atoms with E-state index in [0.29, 0.717) is 12.2 Å². The molecule has 0 N–H and O–H groups in total. The van der Waals surface area contributed by atoms with Crippen molar-refractivity contribution in [2.45, 2.75) is 84.2 Å². The fraction of sp³-hybridized carbons (Fsp3) is 0.682. The van der Waals surface area contributed by atoms with Gasteiger partial charge >= 0.3 is 5.97 Å². The van der Waals surface area contributed by atoms with Crippen molar-refractivity contribution in [1.82, 2.24) is 0 Å². The van der Waals surface area contributed by atoms with Crippen LogP contribution < -0.4 is 0 Å². The summed E-state index contributed by atoms with van der Waals surface area (Å²) in [5.41, 5.74) is 1.77. The van der Waals surface area contributed by atoms with E-state index in [1.54, 1.807) is 7.11 Å². The average Bonchev–Trinajstić information content (AvgIpc) is 2.61. The normalized spacial score (nSPS) is 12.1. The lowest BCUT2D eigenvalue weighted by atomic mass is 10.0. The molecular weight excluding hydrogens is 312 g/mol. The van der Waals surface area contributed by atoms with Gasteiger partial charge in [0.25, 0.3) is 0 Å². The summed E-state index contributed by atoms with van der Waals surface area (Å²) in [4.78, 5) is 12.6. The molecule has 142 valence electrons. The van der Waals surface area contributed by atoms with Gasteiger partial charge in [0.2, 0.25) is 0 Å². The van der Waals surface area contributed by atoms with Gasteiger partial charge in [0.1, 0.15) is 6.10 Å². The van der Waals surface area contributed by atoms with Gasteiger partial charge in [-0.3, -0.25) is 0 Å². The Balaban J connectivity index is 2.44. The van der Waals surface area contributed by atoms with E-state index in [9.17, 15) is 4.79 Å². The lowest BCUT2D eigenvalue weighted by molar-refractivity contribution is 0.00227. The summed E-state index contributed by atoms with van der Waals surface area (Å²) < 4.78 is 11.0. The Bertz CT molecular complexity index is 470. The van der Waals surface area contributed by atoms with Crippen LogP contribution in [0.4, 0.5) is 0 Å². The quantitative estimate of drug-likeness (QED) is 0.308.